The molecule has 3 aromatic rings. The van der Waals surface area contributed by atoms with Gasteiger partial charge >= 0.3 is 5.97 Å². The monoisotopic (exact) mass is 455 g/mol. The maximum Gasteiger partial charge on any atom is 0.355 e. The normalized spacial score (nSPS) is 11.5. The van der Waals surface area contributed by atoms with Gasteiger partial charge in [-0.1, -0.05) is 24.3 Å². The van der Waals surface area contributed by atoms with Gasteiger partial charge < -0.3 is 9.72 Å². The van der Waals surface area contributed by atoms with E-state index in [0.717, 1.165) is 4.31 Å². The van der Waals surface area contributed by atoms with Crippen molar-refractivity contribution in [1.82, 2.24) is 14.3 Å². The highest BCUT2D eigenvalue weighted by molar-refractivity contribution is 7.89. The van der Waals surface area contributed by atoms with Gasteiger partial charge in [0.1, 0.15) is 5.69 Å². The molecule has 0 aliphatic rings. The number of nitrogens with one attached hydrogen (secondary N) is 1. The van der Waals surface area contributed by atoms with Crippen molar-refractivity contribution in [2.75, 3.05) is 13.2 Å². The van der Waals surface area contributed by atoms with Gasteiger partial charge in [0, 0.05) is 30.2 Å². The predicted molar refractivity (Wildman–Crippen MR) is 119 cm³/mol. The number of ketones is 1. The molecular weight excluding hydrogens is 430 g/mol. The molecule has 32 heavy (non-hydrogen) atoms. The molecule has 1 aromatic carbocycles. The van der Waals surface area contributed by atoms with Crippen LogP contribution in [0.2, 0.25) is 0 Å². The largest absolute Gasteiger partial charge is 0.461 e. The molecule has 0 saturated carbocycles. The number of hydrogen-bond acceptors (Lipinski definition) is 6. The third-order valence-electron chi connectivity index (χ3n) is 4.98. The molecule has 0 radical (unpaired) electrons. The second-order valence-electron chi connectivity index (χ2n) is 7.22. The lowest BCUT2D eigenvalue weighted by Gasteiger charge is -2.22. The zero-order valence-corrected chi connectivity index (χ0v) is 19.0. The third kappa shape index (κ3) is 4.95. The topological polar surface area (TPSA) is 109 Å². The van der Waals surface area contributed by atoms with Crippen molar-refractivity contribution in [3.05, 3.63) is 82.9 Å². The van der Waals surface area contributed by atoms with Crippen LogP contribution in [0.15, 0.2) is 59.8 Å². The van der Waals surface area contributed by atoms with Crippen LogP contribution < -0.4 is 0 Å². The molecule has 9 heteroatoms. The van der Waals surface area contributed by atoms with Crippen molar-refractivity contribution in [2.24, 2.45) is 0 Å². The summed E-state index contributed by atoms with van der Waals surface area (Å²) in [4.78, 5) is 32.5. The fraction of sp³-hybridized carbons (Fsp3) is 0.261. The molecule has 0 fully saturated rings. The number of carbonyl (C=O) groups excluding carboxylic acids is 2. The van der Waals surface area contributed by atoms with Gasteiger partial charge in [-0.3, -0.25) is 9.78 Å². The Kier molecular flexibility index (Phi) is 7.22. The first-order chi connectivity index (χ1) is 15.3. The number of aromatic amines is 1. The Bertz CT molecular complexity index is 1210. The van der Waals surface area contributed by atoms with E-state index in [9.17, 15) is 18.0 Å². The minimum Gasteiger partial charge on any atom is -0.461 e. The quantitative estimate of drug-likeness (QED) is 0.392. The van der Waals surface area contributed by atoms with Gasteiger partial charge in [-0.25, -0.2) is 13.2 Å². The van der Waals surface area contributed by atoms with Crippen molar-refractivity contribution < 1.29 is 22.7 Å². The van der Waals surface area contributed by atoms with E-state index < -0.39 is 28.3 Å². The molecule has 3 rings (SSSR count). The maximum atomic E-state index is 13.3. The van der Waals surface area contributed by atoms with Crippen molar-refractivity contribution in [2.45, 2.75) is 32.2 Å². The van der Waals surface area contributed by atoms with Gasteiger partial charge in [-0.05, 0) is 50.1 Å². The number of aryl methyl sites for hydroxylation is 1. The number of benzene rings is 1. The summed E-state index contributed by atoms with van der Waals surface area (Å²) in [6.45, 7) is 4.78. The first-order valence-electron chi connectivity index (χ1n) is 10.1. The molecule has 0 atom stereocenters. The Hall–Kier alpha value is -3.30. The van der Waals surface area contributed by atoms with E-state index in [4.69, 9.17) is 4.74 Å². The highest BCUT2D eigenvalue weighted by Crippen LogP contribution is 2.23. The summed E-state index contributed by atoms with van der Waals surface area (Å²) in [5.74, 6) is -0.980. The molecular formula is C23H25N3O5S. The smallest absolute Gasteiger partial charge is 0.355 e. The first kappa shape index (κ1) is 23.4. The number of nitrogens with zero attached hydrogens (tertiary/aromatic N) is 2. The van der Waals surface area contributed by atoms with Crippen molar-refractivity contribution >= 4 is 21.8 Å². The number of sulfonamides is 1. The second-order valence-corrected chi connectivity index (χ2v) is 9.15. The van der Waals surface area contributed by atoms with Crippen LogP contribution in [-0.2, 0) is 21.3 Å². The van der Waals surface area contributed by atoms with Crippen LogP contribution >= 0.6 is 0 Å². The number of ether oxygens (including phenoxy) is 1. The molecule has 1 N–H and O–H groups in total. The van der Waals surface area contributed by atoms with Crippen molar-refractivity contribution in [3.8, 4) is 0 Å². The number of carbonyl (C=O) groups is 2. The number of Topliss-reactive ketones (excluding diaryl/α,β-unsaturated/α-hetero) is 1. The molecule has 2 aromatic heterocycles. The Morgan fingerprint density at radius 2 is 1.81 bits per heavy atom. The second kappa shape index (κ2) is 9.88. The van der Waals surface area contributed by atoms with Crippen LogP contribution in [0, 0.1) is 13.8 Å². The minimum atomic E-state index is -3.96. The van der Waals surface area contributed by atoms with Crippen LogP contribution in [-0.4, -0.2) is 47.6 Å². The zero-order valence-electron chi connectivity index (χ0n) is 18.2. The molecule has 0 bridgehead atoms. The summed E-state index contributed by atoms with van der Waals surface area (Å²) in [7, 11) is -3.96. The van der Waals surface area contributed by atoms with E-state index in [0.29, 0.717) is 16.8 Å². The standard InChI is InChI=1S/C23H25N3O5S/c1-4-31-23(28)22-16(2)21(17(3)25-22)20(27)15-26(14-18-9-8-12-24-13-18)32(29,30)19-10-6-5-7-11-19/h5-13,25H,4,14-15H2,1-3H3. The average Bonchev–Trinajstić information content (AvgIpc) is 3.08. The van der Waals surface area contributed by atoms with E-state index in [2.05, 4.69) is 9.97 Å². The molecule has 0 spiro atoms. The third-order valence-corrected chi connectivity index (χ3v) is 6.78. The lowest BCUT2D eigenvalue weighted by atomic mass is 10.1. The van der Waals surface area contributed by atoms with Crippen LogP contribution in [0.5, 0.6) is 0 Å². The van der Waals surface area contributed by atoms with E-state index >= 15 is 0 Å². The minimum absolute atomic E-state index is 0.0238. The maximum absolute atomic E-state index is 13.3. The molecule has 8 nitrogen and oxygen atoms in total. The predicted octanol–water partition coefficient (Wildman–Crippen LogP) is 3.28. The number of esters is 1. The summed E-state index contributed by atoms with van der Waals surface area (Å²) in [5.41, 5.74) is 2.04. The first-order valence-corrected chi connectivity index (χ1v) is 11.5. The van der Waals surface area contributed by atoms with Crippen molar-refractivity contribution in [3.63, 3.8) is 0 Å². The van der Waals surface area contributed by atoms with Crippen LogP contribution in [0.25, 0.3) is 0 Å². The highest BCUT2D eigenvalue weighted by Gasteiger charge is 2.30. The molecule has 0 aliphatic heterocycles. The highest BCUT2D eigenvalue weighted by atomic mass is 32.2. The van der Waals surface area contributed by atoms with E-state index in [-0.39, 0.29) is 29.3 Å². The SMILES string of the molecule is CCOC(=O)c1[nH]c(C)c(C(=O)CN(Cc2cccnc2)S(=O)(=O)c2ccccc2)c1C. The Morgan fingerprint density at radius 3 is 2.44 bits per heavy atom. The number of pyridine rings is 1. The van der Waals surface area contributed by atoms with Crippen LogP contribution in [0.1, 0.15) is 44.6 Å². The lowest BCUT2D eigenvalue weighted by molar-refractivity contribution is 0.0519. The summed E-state index contributed by atoms with van der Waals surface area (Å²) >= 11 is 0. The summed E-state index contributed by atoms with van der Waals surface area (Å²) < 4.78 is 32.8. The summed E-state index contributed by atoms with van der Waals surface area (Å²) in [6, 6.07) is 11.4. The van der Waals surface area contributed by atoms with Gasteiger partial charge in [-0.15, -0.1) is 0 Å². The molecule has 0 amide bonds. The number of rotatable bonds is 9. The summed E-state index contributed by atoms with van der Waals surface area (Å²) in [6.07, 6.45) is 3.15. The molecule has 0 saturated heterocycles. The van der Waals surface area contributed by atoms with E-state index in [1.54, 1.807) is 63.5 Å². The molecule has 0 aliphatic carbocycles. The Morgan fingerprint density at radius 1 is 1.09 bits per heavy atom. The Labute approximate surface area is 187 Å². The molecule has 168 valence electrons. The van der Waals surface area contributed by atoms with Gasteiger partial charge in [0.15, 0.2) is 5.78 Å². The lowest BCUT2D eigenvalue weighted by Crippen LogP contribution is -2.35. The summed E-state index contributed by atoms with van der Waals surface area (Å²) in [5, 5.41) is 0. The zero-order chi connectivity index (χ0) is 23.3. The molecule has 0 unspecified atom stereocenters. The number of H-pyrrole nitrogens is 1. The van der Waals surface area contributed by atoms with Gasteiger partial charge in [0.25, 0.3) is 0 Å². The van der Waals surface area contributed by atoms with E-state index in [1.807, 2.05) is 0 Å². The van der Waals surface area contributed by atoms with Crippen LogP contribution in [0.4, 0.5) is 0 Å². The van der Waals surface area contributed by atoms with Gasteiger partial charge in [0.2, 0.25) is 10.0 Å². The molecule has 2 heterocycles. The fourth-order valence-corrected chi connectivity index (χ4v) is 4.88. The van der Waals surface area contributed by atoms with Crippen LogP contribution in [0.3, 0.4) is 0 Å². The van der Waals surface area contributed by atoms with E-state index in [1.165, 1.54) is 12.1 Å². The van der Waals surface area contributed by atoms with Gasteiger partial charge in [0.05, 0.1) is 18.0 Å². The average molecular weight is 456 g/mol. The Balaban J connectivity index is 1.97. The number of aromatic nitrogens is 2. The number of hydrogen-bond donors (Lipinski definition) is 1. The van der Waals surface area contributed by atoms with Crippen molar-refractivity contribution in [1.29, 1.82) is 0 Å². The van der Waals surface area contributed by atoms with Gasteiger partial charge in [-0.2, -0.15) is 4.31 Å². The fourth-order valence-electron chi connectivity index (χ4n) is 3.48.